The van der Waals surface area contributed by atoms with Crippen LogP contribution in [0.3, 0.4) is 0 Å². The lowest BCUT2D eigenvalue weighted by Gasteiger charge is -2.46. The van der Waals surface area contributed by atoms with Crippen LogP contribution in [0.5, 0.6) is 0 Å². The topological polar surface area (TPSA) is 53.1 Å². The number of piperidine rings is 1. The molecule has 3 unspecified atom stereocenters. The second-order valence-electron chi connectivity index (χ2n) is 6.67. The Hall–Kier alpha value is -1.37. The first kappa shape index (κ1) is 14.6. The van der Waals surface area contributed by atoms with E-state index in [1.807, 2.05) is 30.3 Å². The predicted octanol–water partition coefficient (Wildman–Crippen LogP) is 3.02. The summed E-state index contributed by atoms with van der Waals surface area (Å²) < 4.78 is 0. The average Bonchev–Trinajstić information content (AvgIpc) is 2.56. The van der Waals surface area contributed by atoms with Crippen molar-refractivity contribution in [2.24, 2.45) is 11.7 Å². The number of benzene rings is 1. The van der Waals surface area contributed by atoms with E-state index in [2.05, 4.69) is 11.0 Å². The van der Waals surface area contributed by atoms with Gasteiger partial charge in [-0.3, -0.25) is 4.90 Å². The van der Waals surface area contributed by atoms with Crippen molar-refractivity contribution < 1.29 is 0 Å². The van der Waals surface area contributed by atoms with Crippen LogP contribution in [0.25, 0.3) is 0 Å². The number of nitriles is 1. The highest BCUT2D eigenvalue weighted by Crippen LogP contribution is 2.36. The van der Waals surface area contributed by atoms with E-state index in [1.165, 1.54) is 38.5 Å². The van der Waals surface area contributed by atoms with E-state index in [0.717, 1.165) is 18.0 Å². The summed E-state index contributed by atoms with van der Waals surface area (Å²) in [7, 11) is 0. The second kappa shape index (κ2) is 6.17. The third kappa shape index (κ3) is 2.97. The van der Waals surface area contributed by atoms with Crippen molar-refractivity contribution in [1.29, 1.82) is 5.26 Å². The second-order valence-corrected chi connectivity index (χ2v) is 6.67. The number of nitrogens with zero attached hydrogens (tertiary/aromatic N) is 2. The van der Waals surface area contributed by atoms with Gasteiger partial charge in [0.05, 0.1) is 6.07 Å². The summed E-state index contributed by atoms with van der Waals surface area (Å²) in [5.74, 6) is 0.825. The predicted molar refractivity (Wildman–Crippen MR) is 84.5 cm³/mol. The standard InChI is InChI=1S/C18H25N3/c19-13-18(20,16-9-2-1-3-10-16)14-21-12-6-8-15-7-4-5-11-17(15)21/h1-3,9-10,15,17H,4-8,11-12,14,20H2. The molecule has 0 radical (unpaired) electrons. The summed E-state index contributed by atoms with van der Waals surface area (Å²) in [6.45, 7) is 1.75. The maximum absolute atomic E-state index is 9.66. The van der Waals surface area contributed by atoms with Gasteiger partial charge in [-0.2, -0.15) is 5.26 Å². The van der Waals surface area contributed by atoms with Gasteiger partial charge in [-0.15, -0.1) is 0 Å². The number of hydrogen-bond donors (Lipinski definition) is 1. The van der Waals surface area contributed by atoms with Gasteiger partial charge >= 0.3 is 0 Å². The van der Waals surface area contributed by atoms with Crippen LogP contribution in [-0.4, -0.2) is 24.0 Å². The molecule has 1 aromatic carbocycles. The minimum atomic E-state index is -0.888. The Kier molecular flexibility index (Phi) is 4.28. The van der Waals surface area contributed by atoms with Crippen molar-refractivity contribution in [3.8, 4) is 6.07 Å². The van der Waals surface area contributed by atoms with Crippen molar-refractivity contribution in [3.63, 3.8) is 0 Å². The lowest BCUT2D eigenvalue weighted by atomic mass is 9.77. The summed E-state index contributed by atoms with van der Waals surface area (Å²) in [5.41, 5.74) is 6.52. The molecular weight excluding hydrogens is 258 g/mol. The molecule has 2 fully saturated rings. The van der Waals surface area contributed by atoms with Crippen LogP contribution in [0.1, 0.15) is 44.1 Å². The fraction of sp³-hybridized carbons (Fsp3) is 0.611. The van der Waals surface area contributed by atoms with Gasteiger partial charge in [0, 0.05) is 12.6 Å². The highest BCUT2D eigenvalue weighted by molar-refractivity contribution is 5.31. The maximum atomic E-state index is 9.66. The van der Waals surface area contributed by atoms with Crippen molar-refractivity contribution in [2.45, 2.75) is 50.1 Å². The Morgan fingerprint density at radius 2 is 1.86 bits per heavy atom. The van der Waals surface area contributed by atoms with Gasteiger partial charge in [0.1, 0.15) is 5.54 Å². The van der Waals surface area contributed by atoms with Gasteiger partial charge in [-0.25, -0.2) is 0 Å². The molecule has 0 spiro atoms. The van der Waals surface area contributed by atoms with Crippen molar-refractivity contribution in [3.05, 3.63) is 35.9 Å². The monoisotopic (exact) mass is 283 g/mol. The van der Waals surface area contributed by atoms with Gasteiger partial charge in [-0.1, -0.05) is 43.2 Å². The van der Waals surface area contributed by atoms with E-state index < -0.39 is 5.54 Å². The molecule has 0 amide bonds. The molecule has 0 aromatic heterocycles. The van der Waals surface area contributed by atoms with Crippen LogP contribution in [0.15, 0.2) is 30.3 Å². The lowest BCUT2D eigenvalue weighted by molar-refractivity contribution is 0.0490. The molecule has 3 atom stereocenters. The molecular formula is C18H25N3. The van der Waals surface area contributed by atoms with Gasteiger partial charge in [0.25, 0.3) is 0 Å². The zero-order valence-electron chi connectivity index (χ0n) is 12.7. The van der Waals surface area contributed by atoms with Gasteiger partial charge in [0.15, 0.2) is 0 Å². The van der Waals surface area contributed by atoms with Gasteiger partial charge < -0.3 is 5.73 Å². The van der Waals surface area contributed by atoms with Crippen molar-refractivity contribution in [2.75, 3.05) is 13.1 Å². The van der Waals surface area contributed by atoms with Gasteiger partial charge in [0.2, 0.25) is 0 Å². The molecule has 3 rings (SSSR count). The smallest absolute Gasteiger partial charge is 0.142 e. The molecule has 3 heteroatoms. The molecule has 1 saturated heterocycles. The van der Waals surface area contributed by atoms with E-state index in [-0.39, 0.29) is 0 Å². The van der Waals surface area contributed by atoms with Crippen LogP contribution in [-0.2, 0) is 5.54 Å². The van der Waals surface area contributed by atoms with Crippen molar-refractivity contribution >= 4 is 0 Å². The Bertz CT molecular complexity index is 505. The summed E-state index contributed by atoms with van der Waals surface area (Å²) in [4.78, 5) is 2.50. The number of rotatable bonds is 3. The van der Waals surface area contributed by atoms with E-state index in [0.29, 0.717) is 12.6 Å². The van der Waals surface area contributed by atoms with E-state index in [1.54, 1.807) is 0 Å². The minimum Gasteiger partial charge on any atom is -0.309 e. The Labute approximate surface area is 127 Å². The average molecular weight is 283 g/mol. The largest absolute Gasteiger partial charge is 0.309 e. The Morgan fingerprint density at radius 3 is 2.62 bits per heavy atom. The summed E-state index contributed by atoms with van der Waals surface area (Å²) in [6, 6.07) is 12.9. The molecule has 0 bridgehead atoms. The first-order valence-corrected chi connectivity index (χ1v) is 8.23. The number of likely N-dealkylation sites (tertiary alicyclic amines) is 1. The minimum absolute atomic E-state index is 0.646. The molecule has 1 heterocycles. The third-order valence-corrected chi connectivity index (χ3v) is 5.30. The fourth-order valence-electron chi connectivity index (χ4n) is 4.17. The highest BCUT2D eigenvalue weighted by atomic mass is 15.2. The highest BCUT2D eigenvalue weighted by Gasteiger charge is 2.38. The molecule has 1 aromatic rings. The van der Waals surface area contributed by atoms with E-state index >= 15 is 0 Å². The SMILES string of the molecule is N#CC(N)(CN1CCCC2CCCCC21)c1ccccc1. The zero-order chi connectivity index (χ0) is 14.7. The summed E-state index contributed by atoms with van der Waals surface area (Å²) >= 11 is 0. The normalized spacial score (nSPS) is 29.1. The molecule has 3 nitrogen and oxygen atoms in total. The van der Waals surface area contributed by atoms with Crippen LogP contribution in [0.2, 0.25) is 0 Å². The summed E-state index contributed by atoms with van der Waals surface area (Å²) in [6.07, 6.45) is 7.94. The molecule has 1 aliphatic carbocycles. The quantitative estimate of drug-likeness (QED) is 0.927. The molecule has 1 aliphatic heterocycles. The van der Waals surface area contributed by atoms with Crippen LogP contribution in [0, 0.1) is 17.2 Å². The Balaban J connectivity index is 1.78. The molecule has 2 aliphatic rings. The number of hydrogen-bond acceptors (Lipinski definition) is 3. The van der Waals surface area contributed by atoms with Crippen LogP contribution < -0.4 is 5.73 Å². The third-order valence-electron chi connectivity index (χ3n) is 5.30. The van der Waals surface area contributed by atoms with Crippen LogP contribution >= 0.6 is 0 Å². The van der Waals surface area contributed by atoms with E-state index in [4.69, 9.17) is 5.73 Å². The van der Waals surface area contributed by atoms with E-state index in [9.17, 15) is 5.26 Å². The number of fused-ring (bicyclic) bond motifs is 1. The zero-order valence-corrected chi connectivity index (χ0v) is 12.7. The lowest BCUT2D eigenvalue weighted by Crippen LogP contribution is -2.54. The number of nitrogens with two attached hydrogens (primary N) is 1. The van der Waals surface area contributed by atoms with Gasteiger partial charge in [-0.05, 0) is 43.7 Å². The molecule has 1 saturated carbocycles. The Morgan fingerprint density at radius 1 is 1.14 bits per heavy atom. The first-order chi connectivity index (χ1) is 10.2. The van der Waals surface area contributed by atoms with Crippen LogP contribution in [0.4, 0.5) is 0 Å². The maximum Gasteiger partial charge on any atom is 0.142 e. The fourth-order valence-corrected chi connectivity index (χ4v) is 4.17. The molecule has 2 N–H and O–H groups in total. The van der Waals surface area contributed by atoms with Crippen molar-refractivity contribution in [1.82, 2.24) is 4.90 Å². The molecule has 21 heavy (non-hydrogen) atoms. The first-order valence-electron chi connectivity index (χ1n) is 8.23. The summed E-state index contributed by atoms with van der Waals surface area (Å²) in [5, 5.41) is 9.66. The molecule has 112 valence electrons.